The molecule has 0 aliphatic rings. The minimum absolute atomic E-state index is 0.228. The molecule has 84 valence electrons. The summed E-state index contributed by atoms with van der Waals surface area (Å²) in [7, 11) is 5.03. The Hall–Kier alpha value is -1.52. The molecular weight excluding hydrogens is 194 g/mol. The molecule has 0 saturated carbocycles. The van der Waals surface area contributed by atoms with E-state index in [1.807, 2.05) is 18.9 Å². The highest BCUT2D eigenvalue weighted by Gasteiger charge is 2.13. The van der Waals surface area contributed by atoms with E-state index >= 15 is 0 Å². The summed E-state index contributed by atoms with van der Waals surface area (Å²) in [6.45, 7) is 4.46. The lowest BCUT2D eigenvalue weighted by atomic mass is 10.3. The molecular formula is C10H17N3O2. The molecule has 1 aromatic heterocycles. The Labute approximate surface area is 88.6 Å². The quantitative estimate of drug-likeness (QED) is 0.683. The molecule has 0 amide bonds. The Morgan fingerprint density at radius 3 is 2.20 bits per heavy atom. The highest BCUT2D eigenvalue weighted by atomic mass is 16.2. The Balaban J connectivity index is 3.68. The van der Waals surface area contributed by atoms with Gasteiger partial charge in [0.25, 0.3) is 5.56 Å². The maximum absolute atomic E-state index is 11.7. The van der Waals surface area contributed by atoms with Crippen LogP contribution in [0.4, 0.5) is 5.82 Å². The molecule has 0 spiro atoms. The largest absolute Gasteiger partial charge is 0.361 e. The molecule has 0 bridgehead atoms. The standard InChI is InChI=1S/C10H17N3O2/c1-6-11(3)8-7(2)9(14)13(5)10(15)12(8)4/h6H2,1-5H3. The fourth-order valence-electron chi connectivity index (χ4n) is 1.69. The first-order valence-electron chi connectivity index (χ1n) is 4.89. The summed E-state index contributed by atoms with van der Waals surface area (Å²) >= 11 is 0. The maximum Gasteiger partial charge on any atom is 0.332 e. The van der Waals surface area contributed by atoms with Crippen LogP contribution in [0.5, 0.6) is 0 Å². The fourth-order valence-corrected chi connectivity index (χ4v) is 1.69. The van der Waals surface area contributed by atoms with Crippen LogP contribution in [0.1, 0.15) is 12.5 Å². The monoisotopic (exact) mass is 211 g/mol. The van der Waals surface area contributed by atoms with Gasteiger partial charge in [-0.2, -0.15) is 0 Å². The molecule has 0 aromatic carbocycles. The predicted molar refractivity (Wildman–Crippen MR) is 60.6 cm³/mol. The van der Waals surface area contributed by atoms with Crippen molar-refractivity contribution in [3.8, 4) is 0 Å². The third kappa shape index (κ3) is 1.69. The first kappa shape index (κ1) is 11.6. The molecule has 5 nitrogen and oxygen atoms in total. The summed E-state index contributed by atoms with van der Waals surface area (Å²) in [5.41, 5.74) is 0.0817. The molecule has 1 heterocycles. The molecule has 1 rings (SSSR count). The molecule has 0 N–H and O–H groups in total. The van der Waals surface area contributed by atoms with Crippen LogP contribution in [-0.2, 0) is 14.1 Å². The van der Waals surface area contributed by atoms with Crippen LogP contribution in [-0.4, -0.2) is 22.7 Å². The molecule has 0 saturated heterocycles. The van der Waals surface area contributed by atoms with Crippen molar-refractivity contribution in [2.75, 3.05) is 18.5 Å². The minimum atomic E-state index is -0.291. The van der Waals surface area contributed by atoms with E-state index in [1.54, 1.807) is 14.0 Å². The highest BCUT2D eigenvalue weighted by molar-refractivity contribution is 5.44. The highest BCUT2D eigenvalue weighted by Crippen LogP contribution is 2.11. The van der Waals surface area contributed by atoms with Gasteiger partial charge in [0.05, 0.1) is 5.56 Å². The van der Waals surface area contributed by atoms with Gasteiger partial charge in [0, 0.05) is 27.7 Å². The second kappa shape index (κ2) is 3.92. The van der Waals surface area contributed by atoms with Crippen molar-refractivity contribution in [1.29, 1.82) is 0 Å². The maximum atomic E-state index is 11.7. The zero-order valence-corrected chi connectivity index (χ0v) is 9.87. The Morgan fingerprint density at radius 2 is 1.73 bits per heavy atom. The summed E-state index contributed by atoms with van der Waals surface area (Å²) in [6.07, 6.45) is 0. The van der Waals surface area contributed by atoms with E-state index in [2.05, 4.69) is 0 Å². The van der Waals surface area contributed by atoms with Crippen molar-refractivity contribution in [1.82, 2.24) is 9.13 Å². The average Bonchev–Trinajstić information content (AvgIpc) is 2.23. The van der Waals surface area contributed by atoms with Crippen LogP contribution in [0.2, 0.25) is 0 Å². The Bertz CT molecular complexity index is 447. The lowest BCUT2D eigenvalue weighted by Gasteiger charge is -2.22. The topological polar surface area (TPSA) is 47.2 Å². The van der Waals surface area contributed by atoms with E-state index in [0.717, 1.165) is 11.1 Å². The van der Waals surface area contributed by atoms with Crippen LogP contribution in [0.15, 0.2) is 9.59 Å². The summed E-state index contributed by atoms with van der Waals surface area (Å²) in [6, 6.07) is 0. The summed E-state index contributed by atoms with van der Waals surface area (Å²) in [5.74, 6) is 0.686. The van der Waals surface area contributed by atoms with E-state index < -0.39 is 0 Å². The Kier molecular flexibility index (Phi) is 3.02. The van der Waals surface area contributed by atoms with E-state index in [1.165, 1.54) is 11.6 Å². The number of nitrogens with zero attached hydrogens (tertiary/aromatic N) is 3. The smallest absolute Gasteiger partial charge is 0.332 e. The van der Waals surface area contributed by atoms with E-state index in [4.69, 9.17) is 0 Å². The molecule has 0 atom stereocenters. The van der Waals surface area contributed by atoms with E-state index in [9.17, 15) is 9.59 Å². The summed E-state index contributed by atoms with van der Waals surface area (Å²) in [5, 5.41) is 0. The molecule has 0 unspecified atom stereocenters. The minimum Gasteiger partial charge on any atom is -0.361 e. The number of rotatable bonds is 2. The van der Waals surface area contributed by atoms with Gasteiger partial charge in [-0.1, -0.05) is 0 Å². The first-order chi connectivity index (χ1) is 6.91. The van der Waals surface area contributed by atoms with Crippen molar-refractivity contribution in [3.05, 3.63) is 26.4 Å². The van der Waals surface area contributed by atoms with Crippen molar-refractivity contribution in [2.24, 2.45) is 14.1 Å². The van der Waals surface area contributed by atoms with Gasteiger partial charge in [0.15, 0.2) is 0 Å². The number of hydrogen-bond acceptors (Lipinski definition) is 3. The third-order valence-electron chi connectivity index (χ3n) is 2.69. The van der Waals surface area contributed by atoms with Crippen molar-refractivity contribution in [3.63, 3.8) is 0 Å². The van der Waals surface area contributed by atoms with Gasteiger partial charge in [-0.3, -0.25) is 13.9 Å². The van der Waals surface area contributed by atoms with Gasteiger partial charge in [-0.25, -0.2) is 4.79 Å². The number of hydrogen-bond donors (Lipinski definition) is 0. The molecule has 0 aliphatic heterocycles. The molecule has 5 heteroatoms. The molecule has 15 heavy (non-hydrogen) atoms. The van der Waals surface area contributed by atoms with Gasteiger partial charge in [0.1, 0.15) is 5.82 Å². The zero-order chi connectivity index (χ0) is 11.7. The van der Waals surface area contributed by atoms with Gasteiger partial charge >= 0.3 is 5.69 Å². The molecule has 0 aliphatic carbocycles. The van der Waals surface area contributed by atoms with Gasteiger partial charge in [-0.15, -0.1) is 0 Å². The lowest BCUT2D eigenvalue weighted by Crippen LogP contribution is -2.41. The van der Waals surface area contributed by atoms with Crippen LogP contribution in [0.25, 0.3) is 0 Å². The van der Waals surface area contributed by atoms with Crippen molar-refractivity contribution in [2.45, 2.75) is 13.8 Å². The van der Waals surface area contributed by atoms with Crippen LogP contribution in [0.3, 0.4) is 0 Å². The second-order valence-electron chi connectivity index (χ2n) is 3.67. The van der Waals surface area contributed by atoms with Crippen LogP contribution >= 0.6 is 0 Å². The first-order valence-corrected chi connectivity index (χ1v) is 4.89. The lowest BCUT2D eigenvalue weighted by molar-refractivity contribution is 0.665. The Morgan fingerprint density at radius 1 is 1.20 bits per heavy atom. The molecule has 0 radical (unpaired) electrons. The predicted octanol–water partition coefficient (Wildman–Crippen LogP) is -0.151. The van der Waals surface area contributed by atoms with Crippen molar-refractivity contribution < 1.29 is 0 Å². The fraction of sp³-hybridized carbons (Fsp3) is 0.600. The van der Waals surface area contributed by atoms with Gasteiger partial charge in [-0.05, 0) is 13.8 Å². The number of aromatic nitrogens is 2. The number of anilines is 1. The normalized spacial score (nSPS) is 10.5. The summed E-state index contributed by atoms with van der Waals surface area (Å²) in [4.78, 5) is 25.3. The van der Waals surface area contributed by atoms with Crippen molar-refractivity contribution >= 4 is 5.82 Å². The second-order valence-corrected chi connectivity index (χ2v) is 3.67. The SMILES string of the molecule is CCN(C)c1c(C)c(=O)n(C)c(=O)n1C. The zero-order valence-electron chi connectivity index (χ0n) is 9.87. The van der Waals surface area contributed by atoms with Gasteiger partial charge in [0.2, 0.25) is 0 Å². The van der Waals surface area contributed by atoms with Gasteiger partial charge < -0.3 is 4.90 Å². The van der Waals surface area contributed by atoms with E-state index in [-0.39, 0.29) is 11.2 Å². The summed E-state index contributed by atoms with van der Waals surface area (Å²) < 4.78 is 2.63. The van der Waals surface area contributed by atoms with E-state index in [0.29, 0.717) is 11.4 Å². The third-order valence-corrected chi connectivity index (χ3v) is 2.69. The van der Waals surface area contributed by atoms with Crippen LogP contribution < -0.4 is 16.1 Å². The average molecular weight is 211 g/mol. The molecule has 1 aromatic rings. The van der Waals surface area contributed by atoms with Crippen LogP contribution in [0, 0.1) is 6.92 Å². The molecule has 0 fully saturated rings.